The van der Waals surface area contributed by atoms with E-state index in [1.807, 2.05) is 0 Å². The number of amides is 1. The van der Waals surface area contributed by atoms with Crippen LogP contribution in [0, 0.1) is 18.3 Å². The number of hydrogen-bond acceptors (Lipinski definition) is 4. The molecule has 1 heterocycles. The van der Waals surface area contributed by atoms with Crippen LogP contribution in [-0.4, -0.2) is 22.0 Å². The van der Waals surface area contributed by atoms with E-state index in [4.69, 9.17) is 4.42 Å². The number of benzene rings is 1. The second kappa shape index (κ2) is 6.86. The van der Waals surface area contributed by atoms with E-state index in [1.165, 1.54) is 0 Å². The minimum Gasteiger partial charge on any atom is -0.481 e. The van der Waals surface area contributed by atoms with Gasteiger partial charge in [0.15, 0.2) is 11.5 Å². The third-order valence-corrected chi connectivity index (χ3v) is 5.30. The number of aromatic nitrogens is 1. The molecule has 0 saturated heterocycles. The number of carbonyl (C=O) groups is 2. The van der Waals surface area contributed by atoms with Gasteiger partial charge >= 0.3 is 5.97 Å². The molecule has 1 aromatic carbocycles. The summed E-state index contributed by atoms with van der Waals surface area (Å²) in [7, 11) is 0. The topological polar surface area (TPSA) is 92.4 Å². The molecule has 0 bridgehead atoms. The van der Waals surface area contributed by atoms with Crippen LogP contribution in [0.5, 0.6) is 0 Å². The monoisotopic (exact) mass is 344 g/mol. The first-order valence-corrected chi connectivity index (χ1v) is 8.79. The molecular weight excluding hydrogens is 320 g/mol. The van der Waals surface area contributed by atoms with Gasteiger partial charge in [0, 0.05) is 12.6 Å². The summed E-state index contributed by atoms with van der Waals surface area (Å²) in [6.07, 6.45) is 4.91. The predicted octanol–water partition coefficient (Wildman–Crippen LogP) is 4.14. The van der Waals surface area contributed by atoms with Crippen molar-refractivity contribution in [2.75, 3.05) is 5.32 Å². The third kappa shape index (κ3) is 3.67. The molecule has 1 aliphatic carbocycles. The highest BCUT2D eigenvalue weighted by atomic mass is 16.4. The predicted molar refractivity (Wildman–Crippen MR) is 94.3 cm³/mol. The van der Waals surface area contributed by atoms with Crippen molar-refractivity contribution >= 4 is 28.7 Å². The van der Waals surface area contributed by atoms with E-state index < -0.39 is 11.4 Å². The van der Waals surface area contributed by atoms with E-state index >= 15 is 0 Å². The van der Waals surface area contributed by atoms with Crippen LogP contribution < -0.4 is 5.32 Å². The zero-order chi connectivity index (χ0) is 18.0. The lowest BCUT2D eigenvalue weighted by molar-refractivity contribution is -0.145. The van der Waals surface area contributed by atoms with Crippen LogP contribution >= 0.6 is 0 Å². The number of nitrogens with zero attached hydrogens (tertiary/aromatic N) is 1. The largest absolute Gasteiger partial charge is 0.481 e. The van der Waals surface area contributed by atoms with Crippen LogP contribution in [0.2, 0.25) is 0 Å². The van der Waals surface area contributed by atoms with Crippen molar-refractivity contribution in [3.8, 4) is 0 Å². The van der Waals surface area contributed by atoms with Crippen molar-refractivity contribution in [1.29, 1.82) is 0 Å². The number of fused-ring (bicyclic) bond motifs is 1. The Bertz CT molecular complexity index is 792. The van der Waals surface area contributed by atoms with E-state index in [0.29, 0.717) is 22.7 Å². The van der Waals surface area contributed by atoms with Crippen molar-refractivity contribution in [3.63, 3.8) is 0 Å². The Morgan fingerprint density at radius 1 is 1.32 bits per heavy atom. The summed E-state index contributed by atoms with van der Waals surface area (Å²) >= 11 is 0. The fraction of sp³-hybridized carbons (Fsp3) is 0.526. The lowest BCUT2D eigenvalue weighted by Crippen LogP contribution is -2.42. The number of oxazole rings is 1. The first kappa shape index (κ1) is 17.5. The van der Waals surface area contributed by atoms with E-state index in [0.717, 1.165) is 32.1 Å². The van der Waals surface area contributed by atoms with Crippen molar-refractivity contribution in [3.05, 3.63) is 24.1 Å². The average Bonchev–Trinajstić information content (AvgIpc) is 2.94. The smallest absolute Gasteiger partial charge is 0.304 e. The van der Waals surface area contributed by atoms with Gasteiger partial charge in [0.2, 0.25) is 5.91 Å². The van der Waals surface area contributed by atoms with Crippen LogP contribution in [0.1, 0.15) is 51.3 Å². The summed E-state index contributed by atoms with van der Waals surface area (Å²) in [5.74, 6) is -0.515. The van der Waals surface area contributed by atoms with E-state index in [2.05, 4.69) is 10.3 Å². The second-order valence-electron chi connectivity index (χ2n) is 7.19. The highest BCUT2D eigenvalue weighted by Gasteiger charge is 2.43. The first-order valence-electron chi connectivity index (χ1n) is 8.79. The molecular formula is C19H24N2O4. The molecule has 1 fully saturated rings. The molecule has 25 heavy (non-hydrogen) atoms. The summed E-state index contributed by atoms with van der Waals surface area (Å²) < 4.78 is 5.44. The van der Waals surface area contributed by atoms with Gasteiger partial charge in [-0.3, -0.25) is 9.59 Å². The van der Waals surface area contributed by atoms with Gasteiger partial charge < -0.3 is 14.8 Å². The SMILES string of the molecule is Cc1nc2cc(NC(=O)C(C)(CC(=O)O)C3CCCCC3)ccc2o1. The number of hydrogen-bond donors (Lipinski definition) is 2. The maximum Gasteiger partial charge on any atom is 0.304 e. The van der Waals surface area contributed by atoms with Gasteiger partial charge in [-0.15, -0.1) is 0 Å². The highest BCUT2D eigenvalue weighted by molar-refractivity contribution is 5.98. The molecule has 1 atom stereocenters. The van der Waals surface area contributed by atoms with Crippen molar-refractivity contribution in [1.82, 2.24) is 4.98 Å². The number of nitrogens with one attached hydrogen (secondary N) is 1. The molecule has 1 aromatic heterocycles. The summed E-state index contributed by atoms with van der Waals surface area (Å²) in [4.78, 5) is 28.7. The fourth-order valence-corrected chi connectivity index (χ4v) is 3.86. The number of rotatable bonds is 5. The standard InChI is InChI=1S/C19H24N2O4/c1-12-20-15-10-14(8-9-16(15)25-12)21-18(24)19(2,11-17(22)23)13-6-4-3-5-7-13/h8-10,13H,3-7,11H2,1-2H3,(H,21,24)(H,22,23). The molecule has 6 nitrogen and oxygen atoms in total. The van der Waals surface area contributed by atoms with Crippen molar-refractivity contribution < 1.29 is 19.1 Å². The molecule has 1 aliphatic rings. The zero-order valence-corrected chi connectivity index (χ0v) is 14.7. The number of anilines is 1. The molecule has 2 aromatic rings. The van der Waals surface area contributed by atoms with Crippen LogP contribution in [0.15, 0.2) is 22.6 Å². The summed E-state index contributed by atoms with van der Waals surface area (Å²) in [5.41, 5.74) is 1.03. The number of aryl methyl sites for hydroxylation is 1. The number of carboxylic acid groups (broad SMARTS) is 1. The van der Waals surface area contributed by atoms with Crippen molar-refractivity contribution in [2.24, 2.45) is 11.3 Å². The Morgan fingerprint density at radius 3 is 2.72 bits per heavy atom. The average molecular weight is 344 g/mol. The Kier molecular flexibility index (Phi) is 4.79. The molecule has 1 amide bonds. The fourth-order valence-electron chi connectivity index (χ4n) is 3.86. The van der Waals surface area contributed by atoms with Crippen LogP contribution in [0.3, 0.4) is 0 Å². The Hall–Kier alpha value is -2.37. The van der Waals surface area contributed by atoms with Gasteiger partial charge in [0.05, 0.1) is 11.8 Å². The summed E-state index contributed by atoms with van der Waals surface area (Å²) in [6.45, 7) is 3.55. The third-order valence-electron chi connectivity index (χ3n) is 5.30. The van der Waals surface area contributed by atoms with Crippen LogP contribution in [0.4, 0.5) is 5.69 Å². The molecule has 0 aliphatic heterocycles. The second-order valence-corrected chi connectivity index (χ2v) is 7.19. The molecule has 1 saturated carbocycles. The van der Waals surface area contributed by atoms with E-state index in [-0.39, 0.29) is 18.2 Å². The van der Waals surface area contributed by atoms with Gasteiger partial charge in [0.25, 0.3) is 0 Å². The highest BCUT2D eigenvalue weighted by Crippen LogP contribution is 2.42. The Balaban J connectivity index is 1.83. The number of carbonyl (C=O) groups excluding carboxylic acids is 1. The molecule has 1 unspecified atom stereocenters. The first-order chi connectivity index (χ1) is 11.9. The van der Waals surface area contributed by atoms with Gasteiger partial charge in [-0.2, -0.15) is 0 Å². The minimum absolute atomic E-state index is 0.0929. The van der Waals surface area contributed by atoms with E-state index in [1.54, 1.807) is 32.0 Å². The maximum atomic E-state index is 13.0. The lowest BCUT2D eigenvalue weighted by atomic mass is 9.67. The van der Waals surface area contributed by atoms with Crippen molar-refractivity contribution in [2.45, 2.75) is 52.4 Å². The normalized spacial score (nSPS) is 18.0. The van der Waals surface area contributed by atoms with Gasteiger partial charge in [0.1, 0.15) is 5.52 Å². The summed E-state index contributed by atoms with van der Waals surface area (Å²) in [6, 6.07) is 5.28. The quantitative estimate of drug-likeness (QED) is 0.850. The zero-order valence-electron chi connectivity index (χ0n) is 14.7. The van der Waals surface area contributed by atoms with Crippen LogP contribution in [0.25, 0.3) is 11.1 Å². The molecule has 2 N–H and O–H groups in total. The molecule has 3 rings (SSSR count). The molecule has 0 spiro atoms. The Morgan fingerprint density at radius 2 is 2.04 bits per heavy atom. The maximum absolute atomic E-state index is 13.0. The number of aliphatic carboxylic acids is 1. The van der Waals surface area contributed by atoms with Gasteiger partial charge in [-0.05, 0) is 43.9 Å². The Labute approximate surface area is 146 Å². The minimum atomic E-state index is -0.939. The molecule has 6 heteroatoms. The van der Waals surface area contributed by atoms with Crippen LogP contribution in [-0.2, 0) is 9.59 Å². The van der Waals surface area contributed by atoms with Gasteiger partial charge in [-0.1, -0.05) is 19.3 Å². The summed E-state index contributed by atoms with van der Waals surface area (Å²) in [5, 5.41) is 12.2. The molecule has 134 valence electrons. The molecule has 0 radical (unpaired) electrons. The van der Waals surface area contributed by atoms with Gasteiger partial charge in [-0.25, -0.2) is 4.98 Å². The van der Waals surface area contributed by atoms with E-state index in [9.17, 15) is 14.7 Å². The number of carboxylic acids is 1. The lowest BCUT2D eigenvalue weighted by Gasteiger charge is -2.37.